The van der Waals surface area contributed by atoms with Crippen molar-refractivity contribution in [1.29, 1.82) is 0 Å². The summed E-state index contributed by atoms with van der Waals surface area (Å²) in [6.45, 7) is 8.84. The van der Waals surface area contributed by atoms with Crippen LogP contribution in [0, 0.1) is 6.92 Å². The van der Waals surface area contributed by atoms with E-state index in [1.165, 1.54) is 0 Å². The molecule has 0 aliphatic carbocycles. The van der Waals surface area contributed by atoms with Crippen molar-refractivity contribution in [2.24, 2.45) is 0 Å². The van der Waals surface area contributed by atoms with E-state index in [4.69, 9.17) is 0 Å². The summed E-state index contributed by atoms with van der Waals surface area (Å²) < 4.78 is 3.65. The average Bonchev–Trinajstić information content (AvgIpc) is 3.19. The zero-order chi connectivity index (χ0) is 17.3. The summed E-state index contributed by atoms with van der Waals surface area (Å²) in [7, 11) is 0. The van der Waals surface area contributed by atoms with Crippen LogP contribution in [0.25, 0.3) is 11.0 Å². The number of aryl methyl sites for hydroxylation is 2. The minimum Gasteiger partial charge on any atom is -0.319 e. The highest BCUT2D eigenvalue weighted by Gasteiger charge is 2.18. The van der Waals surface area contributed by atoms with Crippen LogP contribution in [0.15, 0.2) is 24.7 Å². The Morgan fingerprint density at radius 2 is 2.08 bits per heavy atom. The molecule has 7 nitrogen and oxygen atoms in total. The molecule has 3 heterocycles. The van der Waals surface area contributed by atoms with Crippen molar-refractivity contribution < 1.29 is 4.79 Å². The molecule has 126 valence electrons. The van der Waals surface area contributed by atoms with Crippen LogP contribution < -0.4 is 5.32 Å². The molecule has 0 aliphatic heterocycles. The number of carbonyl (C=O) groups excluding carboxylic acids is 1. The number of pyridine rings is 1. The van der Waals surface area contributed by atoms with Crippen LogP contribution >= 0.6 is 0 Å². The number of nitrogens with one attached hydrogen (secondary N) is 1. The Labute approximate surface area is 140 Å². The molecule has 0 spiro atoms. The highest BCUT2D eigenvalue weighted by molar-refractivity contribution is 6.11. The summed E-state index contributed by atoms with van der Waals surface area (Å²) in [5, 5.41) is 12.3. The monoisotopic (exact) mass is 326 g/mol. The lowest BCUT2D eigenvalue weighted by molar-refractivity contribution is 0.102. The number of amides is 1. The van der Waals surface area contributed by atoms with Crippen molar-refractivity contribution in [1.82, 2.24) is 24.5 Å². The molecule has 0 saturated carbocycles. The Morgan fingerprint density at radius 3 is 2.75 bits per heavy atom. The summed E-state index contributed by atoms with van der Waals surface area (Å²) in [6, 6.07) is 2.03. The number of rotatable bonds is 5. The van der Waals surface area contributed by atoms with Gasteiger partial charge in [-0.05, 0) is 33.3 Å². The third-order valence-corrected chi connectivity index (χ3v) is 4.16. The third kappa shape index (κ3) is 2.89. The Bertz CT molecular complexity index is 878. The van der Waals surface area contributed by atoms with Crippen LogP contribution in [0.1, 0.15) is 49.3 Å². The molecule has 3 aromatic rings. The van der Waals surface area contributed by atoms with Gasteiger partial charge < -0.3 is 5.32 Å². The number of nitrogens with zero attached hydrogens (tertiary/aromatic N) is 5. The van der Waals surface area contributed by atoms with Gasteiger partial charge in [-0.1, -0.05) is 6.92 Å². The van der Waals surface area contributed by atoms with Crippen molar-refractivity contribution in [3.8, 4) is 0 Å². The van der Waals surface area contributed by atoms with Crippen molar-refractivity contribution >= 4 is 22.6 Å². The Morgan fingerprint density at radius 1 is 1.29 bits per heavy atom. The van der Waals surface area contributed by atoms with Crippen LogP contribution in [-0.2, 0) is 6.54 Å². The molecule has 0 fully saturated rings. The van der Waals surface area contributed by atoms with E-state index in [1.807, 2.05) is 24.7 Å². The molecule has 1 N–H and O–H groups in total. The number of carbonyl (C=O) groups is 1. The maximum absolute atomic E-state index is 12.7. The highest BCUT2D eigenvalue weighted by Crippen LogP contribution is 2.23. The quantitative estimate of drug-likeness (QED) is 0.781. The fraction of sp³-hybridized carbons (Fsp3) is 0.412. The molecule has 0 aromatic carbocycles. The maximum atomic E-state index is 12.7. The zero-order valence-electron chi connectivity index (χ0n) is 14.4. The van der Waals surface area contributed by atoms with Crippen molar-refractivity contribution in [2.75, 3.05) is 5.32 Å². The lowest BCUT2D eigenvalue weighted by Crippen LogP contribution is -2.13. The van der Waals surface area contributed by atoms with Crippen LogP contribution in [0.4, 0.5) is 5.69 Å². The maximum Gasteiger partial charge on any atom is 0.256 e. The molecular formula is C17H22N6O. The molecule has 7 heteroatoms. The van der Waals surface area contributed by atoms with E-state index in [9.17, 15) is 4.79 Å². The Balaban J connectivity index is 1.99. The van der Waals surface area contributed by atoms with Gasteiger partial charge in [0.15, 0.2) is 5.65 Å². The lowest BCUT2D eigenvalue weighted by Gasteiger charge is -2.11. The van der Waals surface area contributed by atoms with Crippen LogP contribution in [-0.4, -0.2) is 30.5 Å². The van der Waals surface area contributed by atoms with Gasteiger partial charge in [0, 0.05) is 18.4 Å². The molecule has 1 atom stereocenters. The first-order valence-electron chi connectivity index (χ1n) is 8.22. The normalized spacial score (nSPS) is 12.5. The molecule has 0 saturated heterocycles. The van der Waals surface area contributed by atoms with Crippen molar-refractivity contribution in [3.05, 3.63) is 35.9 Å². The predicted molar refractivity (Wildman–Crippen MR) is 93.1 cm³/mol. The smallest absolute Gasteiger partial charge is 0.256 e. The molecule has 0 bridgehead atoms. The van der Waals surface area contributed by atoms with E-state index < -0.39 is 0 Å². The number of aromatic nitrogens is 5. The van der Waals surface area contributed by atoms with E-state index >= 15 is 0 Å². The van der Waals surface area contributed by atoms with E-state index in [-0.39, 0.29) is 11.9 Å². The van der Waals surface area contributed by atoms with Crippen LogP contribution in [0.2, 0.25) is 0 Å². The molecule has 3 rings (SSSR count). The second-order valence-electron chi connectivity index (χ2n) is 5.93. The second-order valence-corrected chi connectivity index (χ2v) is 5.93. The number of hydrogen-bond acceptors (Lipinski definition) is 4. The highest BCUT2D eigenvalue weighted by atomic mass is 16.1. The number of hydrogen-bond donors (Lipinski definition) is 1. The SMILES string of the molecule is CC[C@H](C)n1ncc2c(C(=O)Nc3cnn(CC)c3)cc(C)nc21. The molecule has 24 heavy (non-hydrogen) atoms. The van der Waals surface area contributed by atoms with Gasteiger partial charge in [0.25, 0.3) is 5.91 Å². The topological polar surface area (TPSA) is 77.6 Å². The van der Waals surface area contributed by atoms with Gasteiger partial charge in [-0.25, -0.2) is 9.67 Å². The third-order valence-electron chi connectivity index (χ3n) is 4.16. The van der Waals surface area contributed by atoms with Gasteiger partial charge in [0.2, 0.25) is 0 Å². The summed E-state index contributed by atoms with van der Waals surface area (Å²) >= 11 is 0. The first-order chi connectivity index (χ1) is 11.5. The van der Waals surface area contributed by atoms with Gasteiger partial charge in [-0.3, -0.25) is 9.48 Å². The predicted octanol–water partition coefficient (Wildman–Crippen LogP) is 3.18. The van der Waals surface area contributed by atoms with E-state index in [2.05, 4.69) is 34.3 Å². The molecule has 1 amide bonds. The Hall–Kier alpha value is -2.70. The fourth-order valence-electron chi connectivity index (χ4n) is 2.63. The van der Waals surface area contributed by atoms with E-state index in [0.717, 1.165) is 29.7 Å². The van der Waals surface area contributed by atoms with Gasteiger partial charge in [-0.2, -0.15) is 10.2 Å². The lowest BCUT2D eigenvalue weighted by atomic mass is 10.1. The molecule has 0 radical (unpaired) electrons. The van der Waals surface area contributed by atoms with Gasteiger partial charge in [-0.15, -0.1) is 0 Å². The standard InChI is InChI=1S/C17H22N6O/c1-5-12(4)23-16-15(9-19-23)14(7-11(3)20-16)17(24)21-13-8-18-22(6-2)10-13/h7-10,12H,5-6H2,1-4H3,(H,21,24)/t12-/m0/s1. The van der Waals surface area contributed by atoms with Crippen molar-refractivity contribution in [3.63, 3.8) is 0 Å². The minimum atomic E-state index is -0.176. The zero-order valence-corrected chi connectivity index (χ0v) is 14.4. The summed E-state index contributed by atoms with van der Waals surface area (Å²) in [6.07, 6.45) is 6.13. The summed E-state index contributed by atoms with van der Waals surface area (Å²) in [5.74, 6) is -0.176. The average molecular weight is 326 g/mol. The van der Waals surface area contributed by atoms with Crippen LogP contribution in [0.3, 0.4) is 0 Å². The summed E-state index contributed by atoms with van der Waals surface area (Å²) in [4.78, 5) is 17.3. The largest absolute Gasteiger partial charge is 0.319 e. The number of fused-ring (bicyclic) bond motifs is 1. The summed E-state index contributed by atoms with van der Waals surface area (Å²) in [5.41, 5.74) is 2.80. The second kappa shape index (κ2) is 6.43. The van der Waals surface area contributed by atoms with Gasteiger partial charge >= 0.3 is 0 Å². The van der Waals surface area contributed by atoms with E-state index in [1.54, 1.807) is 23.1 Å². The molecular weight excluding hydrogens is 304 g/mol. The van der Waals surface area contributed by atoms with Gasteiger partial charge in [0.05, 0.1) is 35.1 Å². The Kier molecular flexibility index (Phi) is 4.33. The molecule has 3 aromatic heterocycles. The van der Waals surface area contributed by atoms with E-state index in [0.29, 0.717) is 11.3 Å². The molecule has 0 aliphatic rings. The first kappa shape index (κ1) is 16.2. The van der Waals surface area contributed by atoms with Crippen molar-refractivity contribution in [2.45, 2.75) is 46.7 Å². The van der Waals surface area contributed by atoms with Crippen LogP contribution in [0.5, 0.6) is 0 Å². The molecule has 0 unspecified atom stereocenters. The first-order valence-corrected chi connectivity index (χ1v) is 8.22. The fourth-order valence-corrected chi connectivity index (χ4v) is 2.63. The number of anilines is 1. The van der Waals surface area contributed by atoms with Gasteiger partial charge in [0.1, 0.15) is 0 Å². The minimum absolute atomic E-state index is 0.176.